The number of carbonyl (C=O) groups excluding carboxylic acids is 1. The van der Waals surface area contributed by atoms with Gasteiger partial charge in [0.05, 0.1) is 0 Å². The molecule has 1 saturated heterocycles. The molecule has 0 bridgehead atoms. The van der Waals surface area contributed by atoms with E-state index in [9.17, 15) is 4.79 Å². The van der Waals surface area contributed by atoms with Gasteiger partial charge in [0.15, 0.2) is 5.82 Å². The Morgan fingerprint density at radius 1 is 1.19 bits per heavy atom. The van der Waals surface area contributed by atoms with E-state index in [1.165, 1.54) is 19.3 Å². The molecule has 0 aromatic carbocycles. The molecule has 2 fully saturated rings. The monoisotopic (exact) mass is 292 g/mol. The van der Waals surface area contributed by atoms with Crippen LogP contribution < -0.4 is 5.32 Å². The SMILES string of the molecule is O=C(NCCc1noc(C2CC2)n1)N1CCCCCCC1. The summed E-state index contributed by atoms with van der Waals surface area (Å²) in [5, 5.41) is 6.93. The molecule has 1 saturated carbocycles. The Morgan fingerprint density at radius 3 is 2.62 bits per heavy atom. The fourth-order valence-electron chi connectivity index (χ4n) is 2.71. The summed E-state index contributed by atoms with van der Waals surface area (Å²) in [6.07, 6.45) is 8.95. The predicted molar refractivity (Wildman–Crippen MR) is 78.0 cm³/mol. The van der Waals surface area contributed by atoms with Gasteiger partial charge in [0, 0.05) is 32.0 Å². The summed E-state index contributed by atoms with van der Waals surface area (Å²) < 4.78 is 5.21. The molecule has 0 atom stereocenters. The molecule has 2 heterocycles. The fourth-order valence-corrected chi connectivity index (χ4v) is 2.71. The van der Waals surface area contributed by atoms with Gasteiger partial charge in [0.1, 0.15) is 0 Å². The van der Waals surface area contributed by atoms with Crippen LogP contribution in [0.25, 0.3) is 0 Å². The number of nitrogens with one attached hydrogen (secondary N) is 1. The molecule has 6 nitrogen and oxygen atoms in total. The van der Waals surface area contributed by atoms with Crippen LogP contribution in [-0.4, -0.2) is 40.7 Å². The van der Waals surface area contributed by atoms with E-state index in [1.807, 2.05) is 4.90 Å². The minimum Gasteiger partial charge on any atom is -0.339 e. The largest absolute Gasteiger partial charge is 0.339 e. The Morgan fingerprint density at radius 2 is 1.90 bits per heavy atom. The van der Waals surface area contributed by atoms with E-state index in [0.29, 0.717) is 24.7 Å². The molecule has 3 rings (SSSR count). The summed E-state index contributed by atoms with van der Waals surface area (Å²) in [5.74, 6) is 1.95. The third-order valence-corrected chi connectivity index (χ3v) is 4.18. The number of amides is 2. The van der Waals surface area contributed by atoms with Crippen molar-refractivity contribution in [3.8, 4) is 0 Å². The highest BCUT2D eigenvalue weighted by molar-refractivity contribution is 5.74. The van der Waals surface area contributed by atoms with Crippen molar-refractivity contribution in [1.82, 2.24) is 20.4 Å². The molecule has 116 valence electrons. The second-order valence-corrected chi connectivity index (χ2v) is 6.06. The molecule has 1 aliphatic carbocycles. The summed E-state index contributed by atoms with van der Waals surface area (Å²) in [4.78, 5) is 18.4. The van der Waals surface area contributed by atoms with E-state index in [1.54, 1.807) is 0 Å². The topological polar surface area (TPSA) is 71.3 Å². The lowest BCUT2D eigenvalue weighted by atomic mass is 10.1. The first-order chi connectivity index (χ1) is 10.3. The molecular weight excluding hydrogens is 268 g/mol. The maximum Gasteiger partial charge on any atom is 0.317 e. The summed E-state index contributed by atoms with van der Waals surface area (Å²) in [6.45, 7) is 2.32. The predicted octanol–water partition coefficient (Wildman–Crippen LogP) is 2.47. The summed E-state index contributed by atoms with van der Waals surface area (Å²) in [7, 11) is 0. The lowest BCUT2D eigenvalue weighted by Gasteiger charge is -2.24. The zero-order valence-electron chi connectivity index (χ0n) is 12.5. The van der Waals surface area contributed by atoms with Gasteiger partial charge in [0.2, 0.25) is 5.89 Å². The number of nitrogens with zero attached hydrogens (tertiary/aromatic N) is 3. The first-order valence-corrected chi connectivity index (χ1v) is 8.18. The van der Waals surface area contributed by atoms with Crippen molar-refractivity contribution in [1.29, 1.82) is 0 Å². The van der Waals surface area contributed by atoms with Gasteiger partial charge >= 0.3 is 6.03 Å². The Hall–Kier alpha value is -1.59. The van der Waals surface area contributed by atoms with Crippen LogP contribution in [-0.2, 0) is 6.42 Å². The number of urea groups is 1. The fraction of sp³-hybridized carbons (Fsp3) is 0.800. The molecule has 1 aromatic rings. The van der Waals surface area contributed by atoms with Crippen LogP contribution in [0.5, 0.6) is 0 Å². The summed E-state index contributed by atoms with van der Waals surface area (Å²) in [6, 6.07) is 0.0443. The third-order valence-electron chi connectivity index (χ3n) is 4.18. The molecule has 6 heteroatoms. The summed E-state index contributed by atoms with van der Waals surface area (Å²) >= 11 is 0. The Labute approximate surface area is 125 Å². The summed E-state index contributed by atoms with van der Waals surface area (Å²) in [5.41, 5.74) is 0. The minimum atomic E-state index is 0.0443. The Balaban J connectivity index is 1.39. The van der Waals surface area contributed by atoms with Gasteiger partial charge in [-0.25, -0.2) is 4.79 Å². The number of carbonyl (C=O) groups is 1. The molecule has 2 aliphatic rings. The number of rotatable bonds is 4. The lowest BCUT2D eigenvalue weighted by Crippen LogP contribution is -2.42. The van der Waals surface area contributed by atoms with E-state index in [4.69, 9.17) is 4.52 Å². The molecule has 0 spiro atoms. The van der Waals surface area contributed by atoms with E-state index in [-0.39, 0.29) is 6.03 Å². The number of aromatic nitrogens is 2. The van der Waals surface area contributed by atoms with Crippen LogP contribution in [0.2, 0.25) is 0 Å². The maximum atomic E-state index is 12.1. The van der Waals surface area contributed by atoms with Crippen LogP contribution in [0.1, 0.15) is 62.6 Å². The molecule has 2 amide bonds. The third kappa shape index (κ3) is 4.19. The Bertz CT molecular complexity index is 462. The van der Waals surface area contributed by atoms with Crippen LogP contribution in [0, 0.1) is 0 Å². The maximum absolute atomic E-state index is 12.1. The van der Waals surface area contributed by atoms with Gasteiger partial charge in [-0.05, 0) is 25.7 Å². The first-order valence-electron chi connectivity index (χ1n) is 8.18. The molecule has 1 aliphatic heterocycles. The zero-order chi connectivity index (χ0) is 14.5. The van der Waals surface area contributed by atoms with Crippen molar-refractivity contribution in [2.24, 2.45) is 0 Å². The Kier molecular flexibility index (Phi) is 4.72. The van der Waals surface area contributed by atoms with Crippen molar-refractivity contribution in [2.75, 3.05) is 19.6 Å². The van der Waals surface area contributed by atoms with Gasteiger partial charge in [-0.15, -0.1) is 0 Å². The number of hydrogen-bond acceptors (Lipinski definition) is 4. The second kappa shape index (κ2) is 6.91. The van der Waals surface area contributed by atoms with Gasteiger partial charge in [-0.3, -0.25) is 0 Å². The van der Waals surface area contributed by atoms with E-state index >= 15 is 0 Å². The van der Waals surface area contributed by atoms with Crippen LogP contribution >= 0.6 is 0 Å². The van der Waals surface area contributed by atoms with Crippen LogP contribution in [0.15, 0.2) is 4.52 Å². The highest BCUT2D eigenvalue weighted by Gasteiger charge is 2.29. The van der Waals surface area contributed by atoms with Gasteiger partial charge in [-0.1, -0.05) is 24.4 Å². The number of hydrogen-bond donors (Lipinski definition) is 1. The molecule has 0 radical (unpaired) electrons. The van der Waals surface area contributed by atoms with Crippen LogP contribution in [0.3, 0.4) is 0 Å². The average Bonchev–Trinajstić information content (AvgIpc) is 3.18. The van der Waals surface area contributed by atoms with E-state index in [0.717, 1.165) is 44.7 Å². The highest BCUT2D eigenvalue weighted by Crippen LogP contribution is 2.38. The second-order valence-electron chi connectivity index (χ2n) is 6.06. The van der Waals surface area contributed by atoms with Gasteiger partial charge in [-0.2, -0.15) is 4.98 Å². The van der Waals surface area contributed by atoms with Gasteiger partial charge in [0.25, 0.3) is 0 Å². The van der Waals surface area contributed by atoms with Crippen molar-refractivity contribution < 1.29 is 9.32 Å². The van der Waals surface area contributed by atoms with Crippen molar-refractivity contribution in [3.05, 3.63) is 11.7 Å². The quantitative estimate of drug-likeness (QED) is 0.925. The smallest absolute Gasteiger partial charge is 0.317 e. The molecule has 0 unspecified atom stereocenters. The molecule has 1 N–H and O–H groups in total. The van der Waals surface area contributed by atoms with E-state index < -0.39 is 0 Å². The van der Waals surface area contributed by atoms with E-state index in [2.05, 4.69) is 15.5 Å². The molecular formula is C15H24N4O2. The van der Waals surface area contributed by atoms with Crippen molar-refractivity contribution in [3.63, 3.8) is 0 Å². The number of likely N-dealkylation sites (tertiary alicyclic amines) is 1. The standard InChI is InChI=1S/C15H24N4O2/c20-15(19-10-4-2-1-3-5-11-19)16-9-8-13-17-14(21-18-13)12-6-7-12/h12H,1-11H2,(H,16,20). The first kappa shape index (κ1) is 14.4. The van der Waals surface area contributed by atoms with Gasteiger partial charge < -0.3 is 14.7 Å². The van der Waals surface area contributed by atoms with Crippen LogP contribution in [0.4, 0.5) is 4.79 Å². The van der Waals surface area contributed by atoms with Crippen molar-refractivity contribution >= 4 is 6.03 Å². The zero-order valence-corrected chi connectivity index (χ0v) is 12.5. The lowest BCUT2D eigenvalue weighted by molar-refractivity contribution is 0.192. The average molecular weight is 292 g/mol. The molecule has 1 aromatic heterocycles. The highest BCUT2D eigenvalue weighted by atomic mass is 16.5. The molecule has 21 heavy (non-hydrogen) atoms. The normalized spacial score (nSPS) is 19.9. The van der Waals surface area contributed by atoms with Crippen molar-refractivity contribution in [2.45, 2.75) is 57.3 Å². The minimum absolute atomic E-state index is 0.0443.